The Hall–Kier alpha value is -1.97. The normalized spacial score (nSPS) is 25.0. The van der Waals surface area contributed by atoms with Crippen LogP contribution < -0.4 is 0 Å². The maximum atomic E-state index is 13.0. The summed E-state index contributed by atoms with van der Waals surface area (Å²) in [6.07, 6.45) is -0.102. The van der Waals surface area contributed by atoms with Crippen LogP contribution in [0.5, 0.6) is 0 Å². The van der Waals surface area contributed by atoms with Gasteiger partial charge in [-0.1, -0.05) is 18.2 Å². The van der Waals surface area contributed by atoms with E-state index in [1.807, 2.05) is 6.07 Å². The lowest BCUT2D eigenvalue weighted by Gasteiger charge is -2.37. The number of piperidine rings is 1. The number of nitrogens with zero attached hydrogens (tertiary/aromatic N) is 2. The Bertz CT molecular complexity index is 767. The summed E-state index contributed by atoms with van der Waals surface area (Å²) in [5, 5.41) is 8.35. The minimum atomic E-state index is -3.70. The van der Waals surface area contributed by atoms with Gasteiger partial charge in [0.15, 0.2) is 6.10 Å². The van der Waals surface area contributed by atoms with Crippen LogP contribution in [0.1, 0.15) is 23.2 Å². The highest BCUT2D eigenvalue weighted by atomic mass is 32.2. The number of amides is 1. The summed E-state index contributed by atoms with van der Waals surface area (Å²) < 4.78 is 32.2. The number of carbonyl (C=O) groups is 2. The van der Waals surface area contributed by atoms with Crippen LogP contribution in [-0.4, -0.2) is 78.7 Å². The number of morpholine rings is 1. The van der Waals surface area contributed by atoms with Crippen molar-refractivity contribution in [1.29, 1.82) is 0 Å². The molecule has 1 amide bonds. The van der Waals surface area contributed by atoms with Gasteiger partial charge in [-0.25, -0.2) is 13.2 Å². The Kier molecular flexibility index (Phi) is 5.59. The van der Waals surface area contributed by atoms with Crippen molar-refractivity contribution in [3.63, 3.8) is 0 Å². The molecule has 1 N–H and O–H groups in total. The topological polar surface area (TPSA) is 104 Å². The van der Waals surface area contributed by atoms with Gasteiger partial charge in [-0.05, 0) is 25.0 Å². The Labute approximate surface area is 152 Å². The van der Waals surface area contributed by atoms with E-state index in [1.165, 1.54) is 4.31 Å². The second-order valence-electron chi connectivity index (χ2n) is 6.48. The number of carboxylic acids is 1. The van der Waals surface area contributed by atoms with Gasteiger partial charge in [0.25, 0.3) is 5.91 Å². The minimum absolute atomic E-state index is 0.0512. The van der Waals surface area contributed by atoms with Crippen molar-refractivity contribution in [2.45, 2.75) is 24.2 Å². The SMILES string of the molecule is O=C(O)C1CN(S(=O)(=O)C2CCCN(C(=O)c3ccccc3)C2)CCO1. The molecular formula is C17H22N2O6S. The standard InChI is InChI=1S/C17H22N2O6S/c20-16(13-5-2-1-3-6-13)18-8-4-7-14(11-18)26(23,24)19-9-10-25-15(12-19)17(21)22/h1-3,5-6,14-15H,4,7-12H2,(H,21,22). The van der Waals surface area contributed by atoms with Crippen molar-refractivity contribution in [2.24, 2.45) is 0 Å². The van der Waals surface area contributed by atoms with E-state index in [9.17, 15) is 18.0 Å². The van der Waals surface area contributed by atoms with E-state index in [0.717, 1.165) is 0 Å². The molecule has 0 aromatic heterocycles. The number of hydrogen-bond donors (Lipinski definition) is 1. The first-order valence-electron chi connectivity index (χ1n) is 8.57. The van der Waals surface area contributed by atoms with E-state index < -0.39 is 27.3 Å². The van der Waals surface area contributed by atoms with Crippen LogP contribution in [0.2, 0.25) is 0 Å². The molecule has 2 fully saturated rings. The second-order valence-corrected chi connectivity index (χ2v) is 8.70. The van der Waals surface area contributed by atoms with Crippen molar-refractivity contribution in [1.82, 2.24) is 9.21 Å². The summed E-state index contributed by atoms with van der Waals surface area (Å²) in [5.41, 5.74) is 0.530. The van der Waals surface area contributed by atoms with Gasteiger partial charge in [0, 0.05) is 25.2 Å². The molecule has 2 aliphatic rings. The van der Waals surface area contributed by atoms with E-state index in [0.29, 0.717) is 24.9 Å². The first-order valence-corrected chi connectivity index (χ1v) is 10.1. The van der Waals surface area contributed by atoms with Gasteiger partial charge < -0.3 is 14.7 Å². The molecule has 9 heteroatoms. The monoisotopic (exact) mass is 382 g/mol. The number of ether oxygens (including phenoxy) is 1. The lowest BCUT2D eigenvalue weighted by atomic mass is 10.1. The Morgan fingerprint density at radius 3 is 2.54 bits per heavy atom. The fraction of sp³-hybridized carbons (Fsp3) is 0.529. The molecule has 0 radical (unpaired) electrons. The lowest BCUT2D eigenvalue weighted by Crippen LogP contribution is -2.54. The van der Waals surface area contributed by atoms with Gasteiger partial charge in [-0.3, -0.25) is 4.79 Å². The fourth-order valence-corrected chi connectivity index (χ4v) is 5.27. The van der Waals surface area contributed by atoms with E-state index in [2.05, 4.69) is 0 Å². The van der Waals surface area contributed by atoms with Crippen LogP contribution >= 0.6 is 0 Å². The predicted molar refractivity (Wildman–Crippen MR) is 93.2 cm³/mol. The third-order valence-electron chi connectivity index (χ3n) is 4.77. The molecule has 26 heavy (non-hydrogen) atoms. The molecule has 0 spiro atoms. The van der Waals surface area contributed by atoms with Gasteiger partial charge in [-0.15, -0.1) is 0 Å². The molecule has 2 aliphatic heterocycles. The first-order chi connectivity index (χ1) is 12.4. The van der Waals surface area contributed by atoms with E-state index in [-0.39, 0.29) is 32.1 Å². The van der Waals surface area contributed by atoms with Crippen LogP contribution in [0, 0.1) is 0 Å². The molecule has 1 aromatic rings. The molecule has 2 saturated heterocycles. The predicted octanol–water partition coefficient (Wildman–Crippen LogP) is 0.406. The zero-order valence-electron chi connectivity index (χ0n) is 14.3. The Morgan fingerprint density at radius 2 is 1.85 bits per heavy atom. The third-order valence-corrected chi connectivity index (χ3v) is 7.05. The van der Waals surface area contributed by atoms with Crippen molar-refractivity contribution in [2.75, 3.05) is 32.8 Å². The first kappa shape index (κ1) is 18.8. The molecule has 2 unspecified atom stereocenters. The summed E-state index contributed by atoms with van der Waals surface area (Å²) in [6.45, 7) is 0.622. The molecule has 2 heterocycles. The number of aliphatic carboxylic acids is 1. The largest absolute Gasteiger partial charge is 0.479 e. The van der Waals surface area contributed by atoms with Gasteiger partial charge in [0.1, 0.15) is 0 Å². The summed E-state index contributed by atoms with van der Waals surface area (Å²) in [6, 6.07) is 8.77. The van der Waals surface area contributed by atoms with Gasteiger partial charge in [-0.2, -0.15) is 4.31 Å². The molecule has 142 valence electrons. The number of sulfonamides is 1. The van der Waals surface area contributed by atoms with Crippen LogP contribution in [0.3, 0.4) is 0 Å². The average molecular weight is 382 g/mol. The lowest BCUT2D eigenvalue weighted by molar-refractivity contribution is -0.153. The van der Waals surface area contributed by atoms with Crippen LogP contribution in [0.25, 0.3) is 0 Å². The quantitative estimate of drug-likeness (QED) is 0.809. The van der Waals surface area contributed by atoms with Crippen molar-refractivity contribution >= 4 is 21.9 Å². The molecule has 0 aliphatic carbocycles. The van der Waals surface area contributed by atoms with Crippen molar-refractivity contribution < 1.29 is 27.9 Å². The summed E-state index contributed by atoms with van der Waals surface area (Å²) in [4.78, 5) is 25.3. The molecule has 0 bridgehead atoms. The van der Waals surface area contributed by atoms with Gasteiger partial charge in [0.05, 0.1) is 18.4 Å². The summed E-state index contributed by atoms with van der Waals surface area (Å²) in [5.74, 6) is -1.36. The third kappa shape index (κ3) is 3.89. The van der Waals surface area contributed by atoms with E-state index in [1.54, 1.807) is 29.2 Å². The molecule has 3 rings (SSSR count). The summed E-state index contributed by atoms with van der Waals surface area (Å²) >= 11 is 0. The van der Waals surface area contributed by atoms with Gasteiger partial charge >= 0.3 is 5.97 Å². The Morgan fingerprint density at radius 1 is 1.12 bits per heavy atom. The second kappa shape index (κ2) is 7.73. The highest BCUT2D eigenvalue weighted by Crippen LogP contribution is 2.23. The highest BCUT2D eigenvalue weighted by molar-refractivity contribution is 7.89. The number of carboxylic acid groups (broad SMARTS) is 1. The molecule has 1 aromatic carbocycles. The number of benzene rings is 1. The number of rotatable bonds is 4. The smallest absolute Gasteiger partial charge is 0.334 e. The zero-order chi connectivity index (χ0) is 18.7. The van der Waals surface area contributed by atoms with Gasteiger partial charge in [0.2, 0.25) is 10.0 Å². The minimum Gasteiger partial charge on any atom is -0.479 e. The van der Waals surface area contributed by atoms with Crippen LogP contribution in [0.15, 0.2) is 30.3 Å². The highest BCUT2D eigenvalue weighted by Gasteiger charge is 2.40. The Balaban J connectivity index is 1.72. The fourth-order valence-electron chi connectivity index (χ4n) is 3.35. The average Bonchev–Trinajstić information content (AvgIpc) is 2.68. The molecule has 8 nitrogen and oxygen atoms in total. The van der Waals surface area contributed by atoms with Crippen LogP contribution in [-0.2, 0) is 19.6 Å². The number of carbonyl (C=O) groups excluding carboxylic acids is 1. The summed E-state index contributed by atoms with van der Waals surface area (Å²) in [7, 11) is -3.70. The van der Waals surface area contributed by atoms with Crippen LogP contribution in [0.4, 0.5) is 0 Å². The van der Waals surface area contributed by atoms with E-state index >= 15 is 0 Å². The molecular weight excluding hydrogens is 360 g/mol. The number of likely N-dealkylation sites (tertiary alicyclic amines) is 1. The molecule has 0 saturated carbocycles. The van der Waals surface area contributed by atoms with Crippen molar-refractivity contribution in [3.8, 4) is 0 Å². The molecule has 2 atom stereocenters. The maximum Gasteiger partial charge on any atom is 0.334 e. The zero-order valence-corrected chi connectivity index (χ0v) is 15.1. The number of hydrogen-bond acceptors (Lipinski definition) is 5. The maximum absolute atomic E-state index is 13.0. The van der Waals surface area contributed by atoms with Crippen molar-refractivity contribution in [3.05, 3.63) is 35.9 Å². The van der Waals surface area contributed by atoms with E-state index in [4.69, 9.17) is 9.84 Å².